The van der Waals surface area contributed by atoms with E-state index in [1.165, 1.54) is 17.8 Å². The van der Waals surface area contributed by atoms with Crippen LogP contribution in [0, 0.1) is 12.7 Å². The lowest BCUT2D eigenvalue weighted by atomic mass is 9.92. The molecule has 0 saturated carbocycles. The highest BCUT2D eigenvalue weighted by Gasteiger charge is 2.51. The Morgan fingerprint density at radius 3 is 2.28 bits per heavy atom. The minimum Gasteiger partial charge on any atom is -0.369 e. The number of carbonyl (C=O) groups excluding carboxylic acids is 5. The first-order valence-corrected chi connectivity index (χ1v) is 22.7. The second kappa shape index (κ2) is 18.4. The van der Waals surface area contributed by atoms with Crippen LogP contribution in [-0.2, 0) is 28.1 Å². The zero-order valence-electron chi connectivity index (χ0n) is 37.8. The van der Waals surface area contributed by atoms with Crippen molar-refractivity contribution in [3.63, 3.8) is 0 Å². The van der Waals surface area contributed by atoms with Crippen LogP contribution in [0.25, 0.3) is 16.8 Å². The molecule has 1 unspecified atom stereocenters. The quantitative estimate of drug-likeness (QED) is 0.113. The molecule has 5 aromatic rings. The van der Waals surface area contributed by atoms with Crippen LogP contribution in [0.5, 0.6) is 0 Å². The number of alkyl halides is 3. The van der Waals surface area contributed by atoms with E-state index >= 15 is 4.39 Å². The van der Waals surface area contributed by atoms with Gasteiger partial charge in [0.25, 0.3) is 17.7 Å². The van der Waals surface area contributed by atoms with Crippen LogP contribution < -0.4 is 15.5 Å². The van der Waals surface area contributed by atoms with E-state index < -0.39 is 58.8 Å². The van der Waals surface area contributed by atoms with Crippen molar-refractivity contribution in [2.24, 2.45) is 0 Å². The number of carbonyl (C=O) groups is 5. The first kappa shape index (κ1) is 46.3. The Labute approximate surface area is 389 Å². The van der Waals surface area contributed by atoms with Gasteiger partial charge in [-0.05, 0) is 106 Å². The fourth-order valence-electron chi connectivity index (χ4n) is 9.48. The van der Waals surface area contributed by atoms with Gasteiger partial charge in [0.15, 0.2) is 5.82 Å². The molecule has 9 rings (SSSR count). The Hall–Kier alpha value is -6.80. The summed E-state index contributed by atoms with van der Waals surface area (Å²) in [5, 5.41) is 15.4. The number of nitrogens with zero attached hydrogens (tertiary/aromatic N) is 8. The zero-order valence-corrected chi connectivity index (χ0v) is 37.8. The van der Waals surface area contributed by atoms with Crippen molar-refractivity contribution in [2.75, 3.05) is 44.2 Å². The largest absolute Gasteiger partial charge is 0.401 e. The molecular formula is C48H51F4N11O5. The summed E-state index contributed by atoms with van der Waals surface area (Å²) in [5.74, 6) is -3.91. The number of imide groups is 2. The van der Waals surface area contributed by atoms with Gasteiger partial charge in [-0.25, -0.2) is 14.1 Å². The van der Waals surface area contributed by atoms with E-state index in [2.05, 4.69) is 71.0 Å². The first-order chi connectivity index (χ1) is 32.4. The van der Waals surface area contributed by atoms with E-state index in [1.807, 2.05) is 24.0 Å². The van der Waals surface area contributed by atoms with Crippen molar-refractivity contribution in [1.29, 1.82) is 0 Å². The highest BCUT2D eigenvalue weighted by Crippen LogP contribution is 2.39. The molecule has 68 heavy (non-hydrogen) atoms. The minimum absolute atomic E-state index is 0.00813. The molecule has 2 aromatic heterocycles. The molecule has 0 spiro atoms. The van der Waals surface area contributed by atoms with E-state index in [0.29, 0.717) is 19.1 Å². The number of aromatic nitrogens is 5. The molecule has 3 fully saturated rings. The van der Waals surface area contributed by atoms with Gasteiger partial charge in [0.2, 0.25) is 11.8 Å². The van der Waals surface area contributed by atoms with Gasteiger partial charge in [-0.2, -0.15) is 23.4 Å². The third-order valence-corrected chi connectivity index (χ3v) is 13.6. The van der Waals surface area contributed by atoms with Gasteiger partial charge in [0.05, 0.1) is 40.8 Å². The Balaban J connectivity index is 0.747. The smallest absolute Gasteiger partial charge is 0.369 e. The highest BCUT2D eigenvalue weighted by molar-refractivity contribution is 6.23. The van der Waals surface area contributed by atoms with Gasteiger partial charge in [0.1, 0.15) is 23.1 Å². The molecular weight excluding hydrogens is 887 g/mol. The second-order valence-corrected chi connectivity index (χ2v) is 18.5. The monoisotopic (exact) mass is 937 g/mol. The topological polar surface area (TPSA) is 182 Å². The molecule has 4 aliphatic heterocycles. The maximum Gasteiger partial charge on any atom is 0.401 e. The number of hydrogen-bond donors (Lipinski definition) is 3. The number of amides is 5. The second-order valence-electron chi connectivity index (χ2n) is 18.5. The Kier molecular flexibility index (Phi) is 12.5. The fraction of sp³-hybridized carbons (Fsp3) is 0.417. The van der Waals surface area contributed by atoms with E-state index in [4.69, 9.17) is 0 Å². The van der Waals surface area contributed by atoms with E-state index in [-0.39, 0.29) is 47.6 Å². The zero-order chi connectivity index (χ0) is 48.1. The summed E-state index contributed by atoms with van der Waals surface area (Å²) in [6.45, 7) is 9.54. The average Bonchev–Trinajstić information content (AvgIpc) is 4.01. The fourth-order valence-corrected chi connectivity index (χ4v) is 9.48. The van der Waals surface area contributed by atoms with Crippen LogP contribution in [0.2, 0.25) is 0 Å². The molecule has 3 aromatic carbocycles. The maximum absolute atomic E-state index is 15.6. The van der Waals surface area contributed by atoms with Crippen LogP contribution in [0.1, 0.15) is 99.8 Å². The van der Waals surface area contributed by atoms with E-state index in [0.717, 1.165) is 99.2 Å². The first-order valence-electron chi connectivity index (χ1n) is 22.7. The lowest BCUT2D eigenvalue weighted by Gasteiger charge is -2.39. The summed E-state index contributed by atoms with van der Waals surface area (Å²) in [7, 11) is 0. The summed E-state index contributed by atoms with van der Waals surface area (Å²) in [5.41, 5.74) is 3.30. The SMILES string of the molecule is Cc1cc(-c2ccc(CN3CCCN(C4CCN(c5cc6c(cc5F)C(=O)N(C5CCC(=O)NC5=O)C6=O)CC4)CC3)cc2)ccc1-n1cc(C(=O)NCc2nc(C(C)(C)C(F)(F)F)n[nH]2)cn1. The standard InChI is InChI=1S/C48H51F4N11O5/c1-28-21-31(9-10-37(28)62-27-32(24-54-62)42(65)53-25-40-55-46(58-57-40)47(2,3)48(50,51)52)30-7-5-29(6-8-30)26-59-15-4-16-60(20-19-59)33-13-17-61(18-14-33)39-23-35-34(22-36(39)49)44(67)63(45(35)68)38-11-12-41(64)56-43(38)66/h5-10,21-24,27,33,38H,4,11-20,25-26H2,1-3H3,(H,53,65)(H,55,57,58)(H,56,64,66). The summed E-state index contributed by atoms with van der Waals surface area (Å²) < 4.78 is 57.4. The maximum atomic E-state index is 15.6. The van der Waals surface area contributed by atoms with Crippen molar-refractivity contribution in [1.82, 2.24) is 50.3 Å². The Bertz CT molecular complexity index is 2780. The van der Waals surface area contributed by atoms with Gasteiger partial charge in [-0.1, -0.05) is 30.3 Å². The average molecular weight is 938 g/mol. The van der Waals surface area contributed by atoms with Crippen LogP contribution >= 0.6 is 0 Å². The van der Waals surface area contributed by atoms with Gasteiger partial charge >= 0.3 is 6.18 Å². The number of aryl methyl sites for hydroxylation is 1. The van der Waals surface area contributed by atoms with Crippen LogP contribution in [-0.4, -0.2) is 127 Å². The molecule has 1 atom stereocenters. The molecule has 16 nitrogen and oxygen atoms in total. The molecule has 0 radical (unpaired) electrons. The van der Waals surface area contributed by atoms with Crippen molar-refractivity contribution in [2.45, 2.75) is 89.6 Å². The number of halogens is 4. The highest BCUT2D eigenvalue weighted by atomic mass is 19.4. The predicted octanol–water partition coefficient (Wildman–Crippen LogP) is 5.45. The molecule has 20 heteroatoms. The summed E-state index contributed by atoms with van der Waals surface area (Å²) in [6.07, 6.45) is 1.17. The molecule has 5 amide bonds. The summed E-state index contributed by atoms with van der Waals surface area (Å²) >= 11 is 0. The van der Waals surface area contributed by atoms with Crippen LogP contribution in [0.3, 0.4) is 0 Å². The normalized spacial score (nSPS) is 19.1. The number of aromatic amines is 1. The number of piperidine rings is 2. The summed E-state index contributed by atoms with van der Waals surface area (Å²) in [4.78, 5) is 75.3. The number of hydrogen-bond acceptors (Lipinski definition) is 11. The van der Waals surface area contributed by atoms with E-state index in [9.17, 15) is 37.1 Å². The predicted molar refractivity (Wildman–Crippen MR) is 240 cm³/mol. The van der Waals surface area contributed by atoms with Crippen LogP contribution in [0.15, 0.2) is 67.0 Å². The Morgan fingerprint density at radius 1 is 0.853 bits per heavy atom. The van der Waals surface area contributed by atoms with Crippen molar-refractivity contribution in [3.8, 4) is 16.8 Å². The summed E-state index contributed by atoms with van der Waals surface area (Å²) in [6, 6.07) is 16.3. The number of H-pyrrole nitrogens is 1. The van der Waals surface area contributed by atoms with Crippen molar-refractivity contribution >= 4 is 35.2 Å². The molecule has 356 valence electrons. The van der Waals surface area contributed by atoms with Crippen molar-refractivity contribution < 1.29 is 41.5 Å². The lowest BCUT2D eigenvalue weighted by molar-refractivity contribution is -0.182. The molecule has 6 heterocycles. The number of fused-ring (bicyclic) bond motifs is 1. The molecule has 0 bridgehead atoms. The van der Waals surface area contributed by atoms with E-state index in [1.54, 1.807) is 10.9 Å². The third-order valence-electron chi connectivity index (χ3n) is 13.6. The molecule has 0 aliphatic carbocycles. The van der Waals surface area contributed by atoms with Crippen LogP contribution in [0.4, 0.5) is 23.2 Å². The van der Waals surface area contributed by atoms with Gasteiger partial charge in [0, 0.05) is 51.4 Å². The Morgan fingerprint density at radius 2 is 1.57 bits per heavy atom. The molecule has 3 N–H and O–H groups in total. The minimum atomic E-state index is -4.54. The third kappa shape index (κ3) is 9.13. The number of anilines is 1. The number of nitrogens with one attached hydrogen (secondary N) is 3. The number of benzene rings is 3. The van der Waals surface area contributed by atoms with Crippen molar-refractivity contribution in [3.05, 3.63) is 112 Å². The number of rotatable bonds is 11. The lowest BCUT2D eigenvalue weighted by Crippen LogP contribution is -2.54. The van der Waals surface area contributed by atoms with Gasteiger partial charge < -0.3 is 10.2 Å². The van der Waals surface area contributed by atoms with Gasteiger partial charge in [-0.15, -0.1) is 0 Å². The molecule has 3 saturated heterocycles. The van der Waals surface area contributed by atoms with Gasteiger partial charge in [-0.3, -0.25) is 49.1 Å². The molecule has 4 aliphatic rings.